The predicted molar refractivity (Wildman–Crippen MR) is 126 cm³/mol. The highest BCUT2D eigenvalue weighted by Gasteiger charge is 2.27. The Bertz CT molecular complexity index is 1240. The van der Waals surface area contributed by atoms with Gasteiger partial charge in [0.1, 0.15) is 17.5 Å². The van der Waals surface area contributed by atoms with Crippen LogP contribution in [0.25, 0.3) is 6.08 Å². The molecule has 0 aromatic carbocycles. The lowest BCUT2D eigenvalue weighted by Crippen LogP contribution is -2.27. The van der Waals surface area contributed by atoms with Crippen LogP contribution in [0.5, 0.6) is 0 Å². The first-order valence-corrected chi connectivity index (χ1v) is 11.8. The zero-order valence-corrected chi connectivity index (χ0v) is 19.6. The number of rotatable bonds is 8. The number of thiophene rings is 1. The molecule has 0 unspecified atom stereocenters. The Labute approximate surface area is 201 Å². The summed E-state index contributed by atoms with van der Waals surface area (Å²) in [5.74, 6) is 0.797. The molecule has 0 saturated heterocycles. The minimum Gasteiger partial charge on any atom is -0.449 e. The topological polar surface area (TPSA) is 118 Å². The van der Waals surface area contributed by atoms with Crippen molar-refractivity contribution in [2.75, 3.05) is 6.61 Å². The normalized spacial score (nSPS) is 15.0. The number of carbonyl (C=O) groups excluding carboxylic acids is 2. The average molecular weight is 477 g/mol. The number of nitrogens with one attached hydrogen (secondary N) is 1. The van der Waals surface area contributed by atoms with Gasteiger partial charge in [-0.2, -0.15) is 5.26 Å². The van der Waals surface area contributed by atoms with Crippen molar-refractivity contribution in [1.29, 1.82) is 5.26 Å². The van der Waals surface area contributed by atoms with E-state index < -0.39 is 6.09 Å². The van der Waals surface area contributed by atoms with Gasteiger partial charge in [0.2, 0.25) is 0 Å². The highest BCUT2D eigenvalue weighted by molar-refractivity contribution is 7.12. The second-order valence-electron chi connectivity index (χ2n) is 8.17. The number of aryl methyl sites for hydroxylation is 1. The molecule has 174 valence electrons. The minimum atomic E-state index is -0.498. The molecule has 0 spiro atoms. The number of nitrogens with zero attached hydrogens (tertiary/aromatic N) is 3. The van der Waals surface area contributed by atoms with Gasteiger partial charge < -0.3 is 14.6 Å². The number of nitriles is 1. The number of allylic oxidation sites excluding steroid dienone is 1. The molecule has 0 bridgehead atoms. The van der Waals surface area contributed by atoms with E-state index in [1.165, 1.54) is 17.4 Å². The van der Waals surface area contributed by atoms with Crippen LogP contribution in [0.15, 0.2) is 41.2 Å². The van der Waals surface area contributed by atoms with Crippen molar-refractivity contribution >= 4 is 29.3 Å². The predicted octanol–water partition coefficient (Wildman–Crippen LogP) is 4.17. The number of carbonyl (C=O) groups is 2. The molecule has 1 amide bonds. The van der Waals surface area contributed by atoms with Crippen molar-refractivity contribution in [3.8, 4) is 6.07 Å². The molecule has 1 aliphatic rings. The molecule has 0 saturated carbocycles. The van der Waals surface area contributed by atoms with Crippen molar-refractivity contribution < 1.29 is 18.8 Å². The lowest BCUT2D eigenvalue weighted by Gasteiger charge is -2.21. The molecule has 0 fully saturated rings. The molecular weight excluding hydrogens is 452 g/mol. The van der Waals surface area contributed by atoms with Gasteiger partial charge in [0.15, 0.2) is 5.78 Å². The number of hydrogen-bond acceptors (Lipinski definition) is 8. The second kappa shape index (κ2) is 10.9. The van der Waals surface area contributed by atoms with Crippen LogP contribution in [-0.2, 0) is 35.3 Å². The van der Waals surface area contributed by atoms with Crippen molar-refractivity contribution in [3.63, 3.8) is 0 Å². The number of pyridine rings is 1. The van der Waals surface area contributed by atoms with Crippen LogP contribution in [0.3, 0.4) is 0 Å². The lowest BCUT2D eigenvalue weighted by molar-refractivity contribution is -0.113. The minimum absolute atomic E-state index is 0.0576. The number of aromatic nitrogens is 2. The first-order valence-electron chi connectivity index (χ1n) is 11.0. The van der Waals surface area contributed by atoms with Gasteiger partial charge in [0.25, 0.3) is 0 Å². The number of alkyl carbamates (subject to hydrolysis) is 1. The Morgan fingerprint density at radius 2 is 2.32 bits per heavy atom. The molecule has 9 heteroatoms. The lowest BCUT2D eigenvalue weighted by atomic mass is 9.87. The van der Waals surface area contributed by atoms with Crippen LogP contribution in [0.2, 0.25) is 0 Å². The number of ketones is 1. The van der Waals surface area contributed by atoms with E-state index in [1.807, 2.05) is 12.1 Å². The number of hydrogen-bond donors (Lipinski definition) is 1. The van der Waals surface area contributed by atoms with Gasteiger partial charge in [-0.25, -0.2) is 4.79 Å². The molecule has 1 atom stereocenters. The smallest absolute Gasteiger partial charge is 0.407 e. The molecule has 0 radical (unpaired) electrons. The number of ether oxygens (including phenoxy) is 1. The monoisotopic (exact) mass is 476 g/mol. The van der Waals surface area contributed by atoms with Crippen molar-refractivity contribution in [2.45, 2.75) is 39.2 Å². The van der Waals surface area contributed by atoms with Crippen molar-refractivity contribution in [2.24, 2.45) is 5.92 Å². The molecule has 1 aliphatic carbocycles. The SMILES string of the molecule is Cc1cc(CNC(=O)OC[C@@H]2CCc3c(sc(CC(=O)/C=C/c4cccnc4)c3C#N)C2)no1. The zero-order chi connectivity index (χ0) is 23.9. The third-order valence-corrected chi connectivity index (χ3v) is 6.83. The Morgan fingerprint density at radius 1 is 1.44 bits per heavy atom. The van der Waals surface area contributed by atoms with Gasteiger partial charge in [-0.3, -0.25) is 9.78 Å². The molecular formula is C25H24N4O4S. The Balaban J connectivity index is 1.31. The van der Waals surface area contributed by atoms with E-state index in [9.17, 15) is 14.9 Å². The first kappa shape index (κ1) is 23.4. The summed E-state index contributed by atoms with van der Waals surface area (Å²) in [6, 6.07) is 7.74. The second-order valence-corrected chi connectivity index (χ2v) is 9.36. The number of fused-ring (bicyclic) bond motifs is 1. The van der Waals surface area contributed by atoms with Gasteiger partial charge >= 0.3 is 6.09 Å². The fourth-order valence-corrected chi connectivity index (χ4v) is 5.33. The van der Waals surface area contributed by atoms with Gasteiger partial charge in [-0.15, -0.1) is 11.3 Å². The molecule has 0 aliphatic heterocycles. The summed E-state index contributed by atoms with van der Waals surface area (Å²) in [6.45, 7) is 2.33. The third kappa shape index (κ3) is 5.97. The molecule has 3 heterocycles. The molecule has 8 nitrogen and oxygen atoms in total. The summed E-state index contributed by atoms with van der Waals surface area (Å²) in [6.07, 6.45) is 8.62. The summed E-state index contributed by atoms with van der Waals surface area (Å²) < 4.78 is 10.4. The summed E-state index contributed by atoms with van der Waals surface area (Å²) in [5, 5.41) is 16.2. The summed E-state index contributed by atoms with van der Waals surface area (Å²) in [5.41, 5.74) is 3.15. The van der Waals surface area contributed by atoms with E-state index in [-0.39, 0.29) is 24.7 Å². The maximum absolute atomic E-state index is 12.5. The highest BCUT2D eigenvalue weighted by Crippen LogP contribution is 2.36. The number of amides is 1. The molecule has 34 heavy (non-hydrogen) atoms. The fourth-order valence-electron chi connectivity index (χ4n) is 3.90. The van der Waals surface area contributed by atoms with E-state index in [4.69, 9.17) is 9.26 Å². The Hall–Kier alpha value is -3.77. The van der Waals surface area contributed by atoms with Crippen LogP contribution in [0.4, 0.5) is 4.79 Å². The van der Waals surface area contributed by atoms with Gasteiger partial charge in [-0.1, -0.05) is 11.2 Å². The van der Waals surface area contributed by atoms with Crippen LogP contribution < -0.4 is 5.32 Å². The van der Waals surface area contributed by atoms with Crippen LogP contribution in [-0.4, -0.2) is 28.6 Å². The van der Waals surface area contributed by atoms with E-state index in [0.717, 1.165) is 40.1 Å². The van der Waals surface area contributed by atoms with Gasteiger partial charge in [0.05, 0.1) is 18.7 Å². The third-order valence-electron chi connectivity index (χ3n) is 5.57. The molecule has 3 aromatic rings. The molecule has 3 aromatic heterocycles. The van der Waals surface area contributed by atoms with Gasteiger partial charge in [-0.05, 0) is 61.4 Å². The fraction of sp³-hybridized carbons (Fsp3) is 0.320. The standard InChI is InChI=1S/C25H24N4O4S/c1-16-9-19(29-33-16)14-28-25(31)32-15-18-5-7-21-22(12-26)24(34-23(21)10-18)11-20(30)6-4-17-3-2-8-27-13-17/h2-4,6,8-9,13,18H,5,7,10-11,14-15H2,1H3,(H,28,31)/b6-4+/t18-/m1/s1. The van der Waals surface area contributed by atoms with E-state index in [1.54, 1.807) is 31.5 Å². The summed E-state index contributed by atoms with van der Waals surface area (Å²) >= 11 is 1.52. The summed E-state index contributed by atoms with van der Waals surface area (Å²) in [4.78, 5) is 30.4. The van der Waals surface area contributed by atoms with Crippen molar-refractivity contribution in [3.05, 3.63) is 74.6 Å². The zero-order valence-electron chi connectivity index (χ0n) is 18.7. The van der Waals surface area contributed by atoms with Crippen LogP contribution in [0.1, 0.15) is 44.3 Å². The Kier molecular flexibility index (Phi) is 7.50. The quantitative estimate of drug-likeness (QED) is 0.485. The first-order chi connectivity index (χ1) is 16.5. The van der Waals surface area contributed by atoms with Crippen molar-refractivity contribution in [1.82, 2.24) is 15.5 Å². The Morgan fingerprint density at radius 3 is 3.06 bits per heavy atom. The van der Waals surface area contributed by atoms with E-state index >= 15 is 0 Å². The van der Waals surface area contributed by atoms with Crippen LogP contribution in [0, 0.1) is 24.2 Å². The van der Waals surface area contributed by atoms with E-state index in [0.29, 0.717) is 23.6 Å². The largest absolute Gasteiger partial charge is 0.449 e. The maximum Gasteiger partial charge on any atom is 0.407 e. The highest BCUT2D eigenvalue weighted by atomic mass is 32.1. The molecule has 1 N–H and O–H groups in total. The van der Waals surface area contributed by atoms with Gasteiger partial charge in [0, 0.05) is 34.6 Å². The van der Waals surface area contributed by atoms with E-state index in [2.05, 4.69) is 21.5 Å². The molecule has 4 rings (SSSR count). The summed E-state index contributed by atoms with van der Waals surface area (Å²) in [7, 11) is 0. The maximum atomic E-state index is 12.5. The average Bonchev–Trinajstić information content (AvgIpc) is 3.42. The van der Waals surface area contributed by atoms with Crippen LogP contribution >= 0.6 is 11.3 Å².